The zero-order valence-corrected chi connectivity index (χ0v) is 18.1. The molecule has 1 saturated carbocycles. The molecule has 1 saturated heterocycles. The highest BCUT2D eigenvalue weighted by Crippen LogP contribution is 2.44. The SMILES string of the molecule is Cc1c(CN2CCNC(=O)C2=O)sc2c1c(=O)n(C1CC(F)(F)C1)c(=O)n2CCC(F)(F)F. The zero-order valence-electron chi connectivity index (χ0n) is 17.3. The summed E-state index contributed by atoms with van der Waals surface area (Å²) in [6.45, 7) is 1.06. The molecule has 0 unspecified atom stereocenters. The number of thiophene rings is 1. The molecule has 1 N–H and O–H groups in total. The third-order valence-electron chi connectivity index (χ3n) is 5.88. The quantitative estimate of drug-likeness (QED) is 0.508. The van der Waals surface area contributed by atoms with Crippen molar-refractivity contribution in [1.29, 1.82) is 0 Å². The predicted molar refractivity (Wildman–Crippen MR) is 107 cm³/mol. The van der Waals surface area contributed by atoms with E-state index < -0.39 is 67.0 Å². The number of hydrogen-bond acceptors (Lipinski definition) is 5. The molecule has 33 heavy (non-hydrogen) atoms. The third kappa shape index (κ3) is 4.27. The van der Waals surface area contributed by atoms with E-state index in [1.807, 2.05) is 0 Å². The van der Waals surface area contributed by atoms with Gasteiger partial charge in [-0.2, -0.15) is 13.2 Å². The highest BCUT2D eigenvalue weighted by atomic mass is 32.1. The Labute approximate surface area is 186 Å². The summed E-state index contributed by atoms with van der Waals surface area (Å²) in [6, 6.07) is -1.11. The van der Waals surface area contributed by atoms with Gasteiger partial charge in [0.2, 0.25) is 0 Å². The summed E-state index contributed by atoms with van der Waals surface area (Å²) < 4.78 is 67.0. The number of carbonyl (C=O) groups is 2. The second-order valence-corrected chi connectivity index (χ2v) is 9.29. The molecule has 0 spiro atoms. The summed E-state index contributed by atoms with van der Waals surface area (Å²) in [5, 5.41) is 2.35. The molecular formula is C19H19F5N4O4S. The van der Waals surface area contributed by atoms with Gasteiger partial charge < -0.3 is 10.2 Å². The summed E-state index contributed by atoms with van der Waals surface area (Å²) in [7, 11) is 0. The molecule has 3 heterocycles. The van der Waals surface area contributed by atoms with Crippen molar-refractivity contribution in [1.82, 2.24) is 19.4 Å². The average Bonchev–Trinajstić information content (AvgIpc) is 2.99. The van der Waals surface area contributed by atoms with Gasteiger partial charge in [-0.25, -0.2) is 13.6 Å². The monoisotopic (exact) mass is 494 g/mol. The fourth-order valence-electron chi connectivity index (χ4n) is 4.08. The van der Waals surface area contributed by atoms with Gasteiger partial charge in [-0.1, -0.05) is 0 Å². The minimum Gasteiger partial charge on any atom is -0.346 e. The molecule has 2 fully saturated rings. The van der Waals surface area contributed by atoms with E-state index in [9.17, 15) is 41.1 Å². The average molecular weight is 494 g/mol. The first kappa shape index (κ1) is 23.4. The van der Waals surface area contributed by atoms with Crippen LogP contribution in [0, 0.1) is 6.92 Å². The molecule has 2 amide bonds. The summed E-state index contributed by atoms with van der Waals surface area (Å²) in [4.78, 5) is 51.5. The summed E-state index contributed by atoms with van der Waals surface area (Å²) >= 11 is 0.881. The minimum atomic E-state index is -4.58. The van der Waals surface area contributed by atoms with Gasteiger partial charge >= 0.3 is 23.7 Å². The van der Waals surface area contributed by atoms with Crippen molar-refractivity contribution in [2.45, 2.75) is 57.4 Å². The first-order valence-electron chi connectivity index (χ1n) is 10.1. The molecule has 0 atom stereocenters. The van der Waals surface area contributed by atoms with E-state index in [0.29, 0.717) is 15.0 Å². The Morgan fingerprint density at radius 3 is 2.42 bits per heavy atom. The normalized spacial score (nSPS) is 19.2. The van der Waals surface area contributed by atoms with Gasteiger partial charge in [-0.05, 0) is 12.5 Å². The lowest BCUT2D eigenvalue weighted by atomic mass is 9.88. The predicted octanol–water partition coefficient (Wildman–Crippen LogP) is 1.91. The van der Waals surface area contributed by atoms with Crippen LogP contribution in [-0.4, -0.2) is 51.0 Å². The Morgan fingerprint density at radius 2 is 1.82 bits per heavy atom. The van der Waals surface area contributed by atoms with Crippen LogP contribution < -0.4 is 16.6 Å². The highest BCUT2D eigenvalue weighted by molar-refractivity contribution is 7.18. The van der Waals surface area contributed by atoms with Gasteiger partial charge in [0.25, 0.3) is 11.5 Å². The van der Waals surface area contributed by atoms with Crippen LogP contribution in [-0.2, 0) is 22.7 Å². The van der Waals surface area contributed by atoms with Crippen LogP contribution in [0.25, 0.3) is 10.2 Å². The number of rotatable bonds is 5. The second-order valence-electron chi connectivity index (χ2n) is 8.21. The zero-order chi connectivity index (χ0) is 24.3. The number of halogens is 5. The van der Waals surface area contributed by atoms with E-state index in [2.05, 4.69) is 5.32 Å². The molecule has 4 rings (SSSR count). The molecule has 0 aromatic carbocycles. The fourth-order valence-corrected chi connectivity index (χ4v) is 5.41. The Kier molecular flexibility index (Phi) is 5.61. The molecule has 14 heteroatoms. The van der Waals surface area contributed by atoms with Crippen LogP contribution >= 0.6 is 11.3 Å². The number of aryl methyl sites for hydroxylation is 2. The lowest BCUT2D eigenvalue weighted by molar-refractivity contribution is -0.148. The van der Waals surface area contributed by atoms with Crippen LogP contribution in [0.5, 0.6) is 0 Å². The van der Waals surface area contributed by atoms with Crippen LogP contribution in [0.15, 0.2) is 9.59 Å². The Hall–Kier alpha value is -2.77. The van der Waals surface area contributed by atoms with Crippen molar-refractivity contribution in [3.63, 3.8) is 0 Å². The van der Waals surface area contributed by atoms with E-state index in [4.69, 9.17) is 0 Å². The van der Waals surface area contributed by atoms with Gasteiger partial charge in [0.05, 0.1) is 24.4 Å². The molecule has 2 aromatic heterocycles. The number of hydrogen-bond donors (Lipinski definition) is 1. The fraction of sp³-hybridized carbons (Fsp3) is 0.579. The number of piperazine rings is 1. The summed E-state index contributed by atoms with van der Waals surface area (Å²) in [5.41, 5.74) is -1.58. The number of aromatic nitrogens is 2. The Balaban J connectivity index is 1.83. The number of nitrogens with one attached hydrogen (secondary N) is 1. The summed E-state index contributed by atoms with van der Waals surface area (Å²) in [6.07, 6.45) is -7.43. The lowest BCUT2D eigenvalue weighted by Gasteiger charge is -2.35. The molecule has 8 nitrogen and oxygen atoms in total. The van der Waals surface area contributed by atoms with Crippen LogP contribution in [0.1, 0.15) is 35.7 Å². The smallest absolute Gasteiger partial charge is 0.346 e. The highest BCUT2D eigenvalue weighted by Gasteiger charge is 2.48. The van der Waals surface area contributed by atoms with Crippen LogP contribution in [0.3, 0.4) is 0 Å². The van der Waals surface area contributed by atoms with Crippen LogP contribution in [0.2, 0.25) is 0 Å². The van der Waals surface area contributed by atoms with Crippen molar-refractivity contribution in [2.75, 3.05) is 13.1 Å². The number of nitrogens with zero attached hydrogens (tertiary/aromatic N) is 3. The second kappa shape index (κ2) is 7.92. The molecule has 1 aliphatic heterocycles. The Morgan fingerprint density at radius 1 is 1.15 bits per heavy atom. The van der Waals surface area contributed by atoms with Crippen molar-refractivity contribution >= 4 is 33.4 Å². The third-order valence-corrected chi connectivity index (χ3v) is 7.18. The van der Waals surface area contributed by atoms with Crippen molar-refractivity contribution in [3.8, 4) is 0 Å². The van der Waals surface area contributed by atoms with Gasteiger partial charge in [0.15, 0.2) is 0 Å². The number of carbonyl (C=O) groups excluding carboxylic acids is 2. The van der Waals surface area contributed by atoms with Crippen molar-refractivity contribution in [2.24, 2.45) is 0 Å². The molecule has 1 aliphatic carbocycles. The first-order valence-corrected chi connectivity index (χ1v) is 10.9. The molecule has 2 aliphatic rings. The first-order chi connectivity index (χ1) is 15.3. The maximum Gasteiger partial charge on any atom is 0.390 e. The van der Waals surface area contributed by atoms with E-state index in [1.54, 1.807) is 0 Å². The number of amides is 2. The van der Waals surface area contributed by atoms with E-state index in [1.165, 1.54) is 11.8 Å². The maximum absolute atomic E-state index is 13.4. The topological polar surface area (TPSA) is 93.4 Å². The lowest BCUT2D eigenvalue weighted by Crippen LogP contribution is -2.51. The number of alkyl halides is 5. The van der Waals surface area contributed by atoms with E-state index >= 15 is 0 Å². The standard InChI is InChI=1S/C19H19F5N4O4S/c1-9-11(8-26-5-3-25-13(29)15(26)31)33-16-12(9)14(30)28(10-6-18(20,21)7-10)17(32)27(16)4-2-19(22,23)24/h10H,2-8H2,1H3,(H,25,29). The molecule has 0 bridgehead atoms. The van der Waals surface area contributed by atoms with Crippen molar-refractivity contribution < 1.29 is 31.5 Å². The van der Waals surface area contributed by atoms with Gasteiger partial charge in [-0.3, -0.25) is 23.5 Å². The van der Waals surface area contributed by atoms with E-state index in [-0.39, 0.29) is 29.9 Å². The van der Waals surface area contributed by atoms with Crippen LogP contribution in [0.4, 0.5) is 22.0 Å². The largest absolute Gasteiger partial charge is 0.390 e. The Bertz CT molecular complexity index is 1250. The summed E-state index contributed by atoms with van der Waals surface area (Å²) in [5.74, 6) is -4.64. The number of fused-ring (bicyclic) bond motifs is 1. The molecule has 2 aromatic rings. The van der Waals surface area contributed by atoms with Gasteiger partial charge in [0.1, 0.15) is 4.83 Å². The molecular weight excluding hydrogens is 475 g/mol. The minimum absolute atomic E-state index is 0.0157. The van der Waals surface area contributed by atoms with Crippen molar-refractivity contribution in [3.05, 3.63) is 31.3 Å². The van der Waals surface area contributed by atoms with Gasteiger partial charge in [-0.15, -0.1) is 11.3 Å². The molecule has 0 radical (unpaired) electrons. The molecule has 180 valence electrons. The maximum atomic E-state index is 13.4. The van der Waals surface area contributed by atoms with E-state index in [0.717, 1.165) is 15.9 Å². The van der Waals surface area contributed by atoms with Gasteiger partial charge in [0, 0.05) is 37.4 Å².